The fourth-order valence-electron chi connectivity index (χ4n) is 2.70. The van der Waals surface area contributed by atoms with Crippen LogP contribution >= 0.6 is 11.8 Å². The van der Waals surface area contributed by atoms with Crippen LogP contribution in [0.15, 0.2) is 29.2 Å². The van der Waals surface area contributed by atoms with Crippen LogP contribution in [0.3, 0.4) is 0 Å². The third-order valence-electron chi connectivity index (χ3n) is 4.33. The van der Waals surface area contributed by atoms with Gasteiger partial charge in [-0.1, -0.05) is 32.9 Å². The Hall–Kier alpha value is -1.00. The highest BCUT2D eigenvalue weighted by atomic mass is 32.2. The lowest BCUT2D eigenvalue weighted by atomic mass is 9.87. The Balaban J connectivity index is 1.85. The highest BCUT2D eigenvalue weighted by Gasteiger charge is 2.21. The van der Waals surface area contributed by atoms with Gasteiger partial charge in [0.25, 0.3) is 0 Å². The van der Waals surface area contributed by atoms with E-state index < -0.39 is 0 Å². The molecule has 0 bridgehead atoms. The van der Waals surface area contributed by atoms with Crippen LogP contribution in [0, 0.1) is 0 Å². The van der Waals surface area contributed by atoms with Crippen LogP contribution < -0.4 is 5.32 Å². The van der Waals surface area contributed by atoms with Crippen LogP contribution in [-0.4, -0.2) is 42.7 Å². The Morgan fingerprint density at radius 1 is 1.23 bits per heavy atom. The molecule has 3 nitrogen and oxygen atoms in total. The molecule has 0 aromatic heterocycles. The molecule has 1 fully saturated rings. The maximum Gasteiger partial charge on any atom is 0.232 e. The Bertz CT molecular complexity index is 487. The van der Waals surface area contributed by atoms with Crippen LogP contribution in [0.2, 0.25) is 0 Å². The van der Waals surface area contributed by atoms with Crippen LogP contribution in [0.4, 0.5) is 0 Å². The molecule has 1 saturated heterocycles. The zero-order valence-corrected chi connectivity index (χ0v) is 15.0. The molecule has 22 heavy (non-hydrogen) atoms. The molecule has 1 amide bonds. The quantitative estimate of drug-likeness (QED) is 0.864. The lowest BCUT2D eigenvalue weighted by Crippen LogP contribution is -2.44. The molecule has 0 aliphatic carbocycles. The summed E-state index contributed by atoms with van der Waals surface area (Å²) in [5, 5.41) is 3.34. The van der Waals surface area contributed by atoms with E-state index in [4.69, 9.17) is 0 Å². The number of nitrogens with one attached hydrogen (secondary N) is 1. The second-order valence-electron chi connectivity index (χ2n) is 7.05. The second-order valence-corrected chi connectivity index (χ2v) is 8.10. The van der Waals surface area contributed by atoms with Crippen molar-refractivity contribution in [3.05, 3.63) is 29.8 Å². The first-order valence-corrected chi connectivity index (χ1v) is 9.06. The lowest BCUT2D eigenvalue weighted by molar-refractivity contribution is -0.129. The van der Waals surface area contributed by atoms with Gasteiger partial charge in [0, 0.05) is 18.0 Å². The van der Waals surface area contributed by atoms with Gasteiger partial charge in [0.05, 0.1) is 5.75 Å². The van der Waals surface area contributed by atoms with Crippen LogP contribution in [0.1, 0.15) is 39.2 Å². The van der Waals surface area contributed by atoms with E-state index in [1.54, 1.807) is 11.8 Å². The van der Waals surface area contributed by atoms with Crippen molar-refractivity contribution in [3.63, 3.8) is 0 Å². The molecule has 1 N–H and O–H groups in total. The van der Waals surface area contributed by atoms with Crippen molar-refractivity contribution in [2.24, 2.45) is 0 Å². The molecule has 1 aliphatic rings. The zero-order valence-electron chi connectivity index (χ0n) is 14.2. The van der Waals surface area contributed by atoms with Gasteiger partial charge in [0.15, 0.2) is 0 Å². The molecule has 1 aromatic rings. The van der Waals surface area contributed by atoms with E-state index in [2.05, 4.69) is 50.4 Å². The molecule has 4 heteroatoms. The maximum atomic E-state index is 12.3. The summed E-state index contributed by atoms with van der Waals surface area (Å²) in [5.74, 6) is 0.756. The van der Waals surface area contributed by atoms with E-state index in [1.807, 2.05) is 11.9 Å². The van der Waals surface area contributed by atoms with E-state index in [0.29, 0.717) is 11.8 Å². The van der Waals surface area contributed by atoms with Crippen LogP contribution in [0.5, 0.6) is 0 Å². The highest BCUT2D eigenvalue weighted by Crippen LogP contribution is 2.26. The normalized spacial score (nSPS) is 16.5. The predicted octanol–water partition coefficient (Wildman–Crippen LogP) is 3.29. The Morgan fingerprint density at radius 2 is 1.82 bits per heavy atom. The first kappa shape index (κ1) is 17.4. The van der Waals surface area contributed by atoms with Crippen molar-refractivity contribution < 1.29 is 4.79 Å². The Kier molecular flexibility index (Phi) is 5.93. The number of rotatable bonds is 4. The number of nitrogens with zero attached hydrogens (tertiary/aromatic N) is 1. The fourth-order valence-corrected chi connectivity index (χ4v) is 3.52. The number of hydrogen-bond acceptors (Lipinski definition) is 3. The molecular weight excluding hydrogens is 292 g/mol. The van der Waals surface area contributed by atoms with Crippen molar-refractivity contribution in [1.82, 2.24) is 10.2 Å². The maximum absolute atomic E-state index is 12.3. The van der Waals surface area contributed by atoms with E-state index in [1.165, 1.54) is 10.5 Å². The monoisotopic (exact) mass is 320 g/mol. The summed E-state index contributed by atoms with van der Waals surface area (Å²) in [6, 6.07) is 9.00. The molecule has 122 valence electrons. The average molecular weight is 321 g/mol. The van der Waals surface area contributed by atoms with Gasteiger partial charge in [-0.05, 0) is 49.0 Å². The van der Waals surface area contributed by atoms with Crippen molar-refractivity contribution in [2.75, 3.05) is 25.9 Å². The van der Waals surface area contributed by atoms with E-state index in [-0.39, 0.29) is 11.3 Å². The van der Waals surface area contributed by atoms with E-state index in [0.717, 1.165) is 25.9 Å². The number of benzene rings is 1. The van der Waals surface area contributed by atoms with Gasteiger partial charge in [-0.25, -0.2) is 0 Å². The van der Waals surface area contributed by atoms with Crippen LogP contribution in [-0.2, 0) is 10.2 Å². The molecule has 2 rings (SSSR count). The SMILES string of the molecule is CN(C(=O)CSc1ccc(C(C)(C)C)cc1)C1CCNCC1. The van der Waals surface area contributed by atoms with E-state index >= 15 is 0 Å². The summed E-state index contributed by atoms with van der Waals surface area (Å²) < 4.78 is 0. The number of piperidine rings is 1. The number of carbonyl (C=O) groups is 1. The minimum Gasteiger partial charge on any atom is -0.342 e. The van der Waals surface area contributed by atoms with Gasteiger partial charge in [0.2, 0.25) is 5.91 Å². The summed E-state index contributed by atoms with van der Waals surface area (Å²) in [5.41, 5.74) is 1.50. The first-order valence-electron chi connectivity index (χ1n) is 8.07. The zero-order chi connectivity index (χ0) is 16.2. The van der Waals surface area contributed by atoms with Gasteiger partial charge < -0.3 is 10.2 Å². The van der Waals surface area contributed by atoms with Crippen LogP contribution in [0.25, 0.3) is 0 Å². The number of amides is 1. The third-order valence-corrected chi connectivity index (χ3v) is 5.33. The molecule has 0 radical (unpaired) electrons. The largest absolute Gasteiger partial charge is 0.342 e. The molecule has 0 atom stereocenters. The summed E-state index contributed by atoms with van der Waals surface area (Å²) in [6.07, 6.45) is 2.13. The van der Waals surface area contributed by atoms with Crippen molar-refractivity contribution >= 4 is 17.7 Å². The average Bonchev–Trinajstić information content (AvgIpc) is 2.52. The lowest BCUT2D eigenvalue weighted by Gasteiger charge is -2.31. The number of hydrogen-bond donors (Lipinski definition) is 1. The summed E-state index contributed by atoms with van der Waals surface area (Å²) in [7, 11) is 1.95. The summed E-state index contributed by atoms with van der Waals surface area (Å²) >= 11 is 1.63. The van der Waals surface area contributed by atoms with Gasteiger partial charge in [0.1, 0.15) is 0 Å². The first-order chi connectivity index (χ1) is 10.4. The predicted molar refractivity (Wildman–Crippen MR) is 94.5 cm³/mol. The topological polar surface area (TPSA) is 32.3 Å². The van der Waals surface area contributed by atoms with Crippen molar-refractivity contribution in [2.45, 2.75) is 50.0 Å². The minimum absolute atomic E-state index is 0.175. The Labute approximate surface area is 138 Å². The minimum atomic E-state index is 0.175. The molecule has 1 aliphatic heterocycles. The molecular formula is C18H28N2OS. The summed E-state index contributed by atoms with van der Waals surface area (Å²) in [4.78, 5) is 15.4. The number of thioether (sulfide) groups is 1. The molecule has 0 saturated carbocycles. The molecule has 1 heterocycles. The second kappa shape index (κ2) is 7.51. The van der Waals surface area contributed by atoms with Gasteiger partial charge in [-0.15, -0.1) is 11.8 Å². The number of carbonyl (C=O) groups excluding carboxylic acids is 1. The Morgan fingerprint density at radius 3 is 2.36 bits per heavy atom. The smallest absolute Gasteiger partial charge is 0.232 e. The summed E-state index contributed by atoms with van der Waals surface area (Å²) in [6.45, 7) is 8.68. The molecule has 0 spiro atoms. The molecule has 1 aromatic carbocycles. The van der Waals surface area contributed by atoms with Gasteiger partial charge in [-0.3, -0.25) is 4.79 Å². The highest BCUT2D eigenvalue weighted by molar-refractivity contribution is 8.00. The van der Waals surface area contributed by atoms with Gasteiger partial charge in [-0.2, -0.15) is 0 Å². The van der Waals surface area contributed by atoms with E-state index in [9.17, 15) is 4.79 Å². The third kappa shape index (κ3) is 4.75. The van der Waals surface area contributed by atoms with Crippen molar-refractivity contribution in [3.8, 4) is 0 Å². The fraction of sp³-hybridized carbons (Fsp3) is 0.611. The van der Waals surface area contributed by atoms with Gasteiger partial charge >= 0.3 is 0 Å². The standard InChI is InChI=1S/C18H28N2OS/c1-18(2,3)14-5-7-16(8-6-14)22-13-17(21)20(4)15-9-11-19-12-10-15/h5-8,15,19H,9-13H2,1-4H3. The van der Waals surface area contributed by atoms with Crippen molar-refractivity contribution in [1.29, 1.82) is 0 Å². The molecule has 0 unspecified atom stereocenters.